The van der Waals surface area contributed by atoms with Gasteiger partial charge in [0.1, 0.15) is 0 Å². The van der Waals surface area contributed by atoms with Crippen LogP contribution in [-0.4, -0.2) is 90.2 Å². The highest BCUT2D eigenvalue weighted by molar-refractivity contribution is 8.14. The van der Waals surface area contributed by atoms with Crippen LogP contribution in [0.4, 0.5) is 4.79 Å². The average molecular weight is 356 g/mol. The third-order valence-electron chi connectivity index (χ3n) is 4.09. The molecule has 2 rings (SSSR count). The van der Waals surface area contributed by atoms with Crippen molar-refractivity contribution >= 4 is 34.7 Å². The molecule has 24 heavy (non-hydrogen) atoms. The number of likely N-dealkylation sites (tertiary alicyclic amines) is 1. The van der Waals surface area contributed by atoms with E-state index in [0.29, 0.717) is 13.1 Å². The average Bonchev–Trinajstić information content (AvgIpc) is 3.04. The molecule has 2 aliphatic heterocycles. The van der Waals surface area contributed by atoms with Crippen LogP contribution in [0.1, 0.15) is 12.8 Å². The van der Waals surface area contributed by atoms with Crippen molar-refractivity contribution in [1.82, 2.24) is 20.0 Å². The van der Waals surface area contributed by atoms with E-state index in [9.17, 15) is 19.2 Å². The van der Waals surface area contributed by atoms with E-state index >= 15 is 0 Å². The lowest BCUT2D eigenvalue weighted by molar-refractivity contribution is -0.129. The molecule has 2 aliphatic rings. The van der Waals surface area contributed by atoms with E-state index in [4.69, 9.17) is 0 Å². The zero-order valence-corrected chi connectivity index (χ0v) is 14.9. The zero-order valence-electron chi connectivity index (χ0n) is 14.1. The van der Waals surface area contributed by atoms with Crippen molar-refractivity contribution in [2.24, 2.45) is 5.92 Å². The molecule has 4 amide bonds. The van der Waals surface area contributed by atoms with E-state index in [0.717, 1.165) is 29.6 Å². The van der Waals surface area contributed by atoms with Crippen LogP contribution >= 0.6 is 11.8 Å². The monoisotopic (exact) mass is 356 g/mol. The van der Waals surface area contributed by atoms with Gasteiger partial charge in [0.25, 0.3) is 5.24 Å². The van der Waals surface area contributed by atoms with Crippen LogP contribution in [-0.2, 0) is 14.4 Å². The number of amides is 4. The summed E-state index contributed by atoms with van der Waals surface area (Å²) < 4.78 is 0. The first kappa shape index (κ1) is 18.7. The first-order chi connectivity index (χ1) is 11.4. The normalized spacial score (nSPS) is 21.3. The van der Waals surface area contributed by atoms with E-state index in [1.807, 2.05) is 14.1 Å². The van der Waals surface area contributed by atoms with E-state index in [1.54, 1.807) is 4.90 Å². The Labute approximate surface area is 145 Å². The number of nitrogens with one attached hydrogen (secondary N) is 1. The molecular weight excluding hydrogens is 332 g/mol. The molecule has 0 bridgehead atoms. The van der Waals surface area contributed by atoms with Crippen molar-refractivity contribution in [1.29, 1.82) is 0 Å². The van der Waals surface area contributed by atoms with Gasteiger partial charge in [-0.1, -0.05) is 11.8 Å². The van der Waals surface area contributed by atoms with E-state index in [2.05, 4.69) is 10.2 Å². The summed E-state index contributed by atoms with van der Waals surface area (Å²) in [5.74, 6) is -0.579. The Hall–Kier alpha value is -1.61. The van der Waals surface area contributed by atoms with Crippen molar-refractivity contribution in [2.45, 2.75) is 12.8 Å². The molecule has 0 radical (unpaired) electrons. The maximum atomic E-state index is 12.2. The molecular formula is C15H24N4O4S. The molecule has 1 N–H and O–H groups in total. The van der Waals surface area contributed by atoms with E-state index in [1.165, 1.54) is 0 Å². The van der Waals surface area contributed by atoms with Crippen molar-refractivity contribution in [3.8, 4) is 0 Å². The lowest BCUT2D eigenvalue weighted by Gasteiger charge is -2.18. The summed E-state index contributed by atoms with van der Waals surface area (Å²) in [6, 6.07) is 0. The lowest BCUT2D eigenvalue weighted by Crippen LogP contribution is -2.40. The van der Waals surface area contributed by atoms with Crippen molar-refractivity contribution < 1.29 is 19.2 Å². The Morgan fingerprint density at radius 2 is 2.00 bits per heavy atom. The highest BCUT2D eigenvalue weighted by Crippen LogP contribution is 2.19. The maximum absolute atomic E-state index is 12.2. The summed E-state index contributed by atoms with van der Waals surface area (Å²) in [7, 11) is 3.97. The number of thioether (sulfide) groups is 1. The second-order valence-corrected chi connectivity index (χ2v) is 7.22. The highest BCUT2D eigenvalue weighted by Gasteiger charge is 2.34. The third kappa shape index (κ3) is 4.94. The Kier molecular flexibility index (Phi) is 6.61. The Balaban J connectivity index is 1.70. The first-order valence-electron chi connectivity index (χ1n) is 8.06. The summed E-state index contributed by atoms with van der Waals surface area (Å²) in [4.78, 5) is 52.0. The van der Waals surface area contributed by atoms with Crippen LogP contribution in [0.5, 0.6) is 0 Å². The van der Waals surface area contributed by atoms with E-state index in [-0.39, 0.29) is 54.1 Å². The van der Waals surface area contributed by atoms with Crippen LogP contribution < -0.4 is 5.32 Å². The minimum atomic E-state index is -0.351. The number of hydrogen-bond acceptors (Lipinski definition) is 6. The number of hydrogen-bond donors (Lipinski definition) is 1. The number of rotatable bonds is 8. The maximum Gasteiger partial charge on any atom is 0.288 e. The first-order valence-corrected chi connectivity index (χ1v) is 9.04. The number of carbonyl (C=O) groups is 4. The second kappa shape index (κ2) is 8.48. The Morgan fingerprint density at radius 3 is 2.62 bits per heavy atom. The second-order valence-electron chi connectivity index (χ2n) is 6.29. The van der Waals surface area contributed by atoms with E-state index < -0.39 is 0 Å². The van der Waals surface area contributed by atoms with Gasteiger partial charge in [0.05, 0.1) is 11.7 Å². The summed E-state index contributed by atoms with van der Waals surface area (Å²) in [6.45, 7) is 2.41. The molecule has 1 atom stereocenters. The SMILES string of the molecule is CN(C)CCCN1CC(C(=O)NCCN2C(=O)CSC2=O)CC1=O. The molecule has 8 nitrogen and oxygen atoms in total. The summed E-state index contributed by atoms with van der Waals surface area (Å²) in [6.07, 6.45) is 1.11. The van der Waals surface area contributed by atoms with Gasteiger partial charge in [-0.25, -0.2) is 0 Å². The summed E-state index contributed by atoms with van der Waals surface area (Å²) in [5.41, 5.74) is 0. The van der Waals surface area contributed by atoms with Gasteiger partial charge in [0, 0.05) is 32.6 Å². The van der Waals surface area contributed by atoms with Crippen LogP contribution in [0, 0.1) is 5.92 Å². The molecule has 134 valence electrons. The predicted molar refractivity (Wildman–Crippen MR) is 90.4 cm³/mol. The molecule has 2 heterocycles. The van der Waals surface area contributed by atoms with Gasteiger partial charge in [-0.05, 0) is 27.1 Å². The van der Waals surface area contributed by atoms with Gasteiger partial charge in [-0.15, -0.1) is 0 Å². The number of carbonyl (C=O) groups excluding carboxylic acids is 4. The highest BCUT2D eigenvalue weighted by atomic mass is 32.2. The predicted octanol–water partition coefficient (Wildman–Crippen LogP) is -0.402. The Morgan fingerprint density at radius 1 is 1.25 bits per heavy atom. The minimum Gasteiger partial charge on any atom is -0.354 e. The topological polar surface area (TPSA) is 90.0 Å². The van der Waals surface area contributed by atoms with Crippen LogP contribution in [0.3, 0.4) is 0 Å². The van der Waals surface area contributed by atoms with Gasteiger partial charge >= 0.3 is 0 Å². The minimum absolute atomic E-state index is 0.00945. The molecule has 0 aromatic carbocycles. The molecule has 0 aromatic rings. The molecule has 9 heteroatoms. The van der Waals surface area contributed by atoms with Crippen LogP contribution in [0.25, 0.3) is 0 Å². The van der Waals surface area contributed by atoms with Gasteiger partial charge in [-0.2, -0.15) is 0 Å². The van der Waals surface area contributed by atoms with Crippen molar-refractivity contribution in [2.75, 3.05) is 52.6 Å². The fourth-order valence-electron chi connectivity index (χ4n) is 2.77. The largest absolute Gasteiger partial charge is 0.354 e. The third-order valence-corrected chi connectivity index (χ3v) is 4.95. The zero-order chi connectivity index (χ0) is 17.7. The molecule has 2 saturated heterocycles. The standard InChI is InChI=1S/C15H24N4O4S/c1-17(2)5-3-6-18-9-11(8-12(18)20)14(22)16-4-7-19-13(21)10-24-15(19)23/h11H,3-10H2,1-2H3,(H,16,22). The molecule has 0 saturated carbocycles. The van der Waals surface area contributed by atoms with Gasteiger partial charge in [0.2, 0.25) is 17.7 Å². The van der Waals surface area contributed by atoms with Crippen molar-refractivity contribution in [3.05, 3.63) is 0 Å². The fourth-order valence-corrected chi connectivity index (χ4v) is 3.53. The quantitative estimate of drug-likeness (QED) is 0.636. The molecule has 2 fully saturated rings. The van der Waals surface area contributed by atoms with Gasteiger partial charge < -0.3 is 15.1 Å². The number of imide groups is 1. The molecule has 0 spiro atoms. The van der Waals surface area contributed by atoms with Gasteiger partial charge in [0.15, 0.2) is 0 Å². The molecule has 0 aromatic heterocycles. The van der Waals surface area contributed by atoms with Crippen LogP contribution in [0.15, 0.2) is 0 Å². The molecule has 0 aliphatic carbocycles. The fraction of sp³-hybridized carbons (Fsp3) is 0.733. The Bertz CT molecular complexity index is 510. The van der Waals surface area contributed by atoms with Crippen molar-refractivity contribution in [3.63, 3.8) is 0 Å². The van der Waals surface area contributed by atoms with Crippen LogP contribution in [0.2, 0.25) is 0 Å². The summed E-state index contributed by atoms with van der Waals surface area (Å²) >= 11 is 0.978. The smallest absolute Gasteiger partial charge is 0.288 e. The van der Waals surface area contributed by atoms with Gasteiger partial charge in [-0.3, -0.25) is 24.1 Å². The lowest BCUT2D eigenvalue weighted by atomic mass is 10.1. The number of nitrogens with zero attached hydrogens (tertiary/aromatic N) is 3. The summed E-state index contributed by atoms with van der Waals surface area (Å²) in [5, 5.41) is 2.46. The molecule has 1 unspecified atom stereocenters.